The number of alkyl halides is 3. The van der Waals surface area contributed by atoms with E-state index in [1.807, 2.05) is 65.5 Å². The first-order valence-corrected chi connectivity index (χ1v) is 10.2. The van der Waals surface area contributed by atoms with Gasteiger partial charge in [-0.3, -0.25) is 4.68 Å². The van der Waals surface area contributed by atoms with Crippen LogP contribution in [0.2, 0.25) is 0 Å². The van der Waals surface area contributed by atoms with Crippen LogP contribution < -0.4 is 11.1 Å². The van der Waals surface area contributed by atoms with Gasteiger partial charge in [0.05, 0.1) is 23.8 Å². The highest BCUT2D eigenvalue weighted by Gasteiger charge is 2.38. The molecule has 1 saturated heterocycles. The predicted molar refractivity (Wildman–Crippen MR) is 115 cm³/mol. The third kappa shape index (κ3) is 6.01. The minimum absolute atomic E-state index is 0.0651. The summed E-state index contributed by atoms with van der Waals surface area (Å²) in [5.41, 5.74) is 8.24. The average Bonchev–Trinajstić information content (AvgIpc) is 3.39. The van der Waals surface area contributed by atoms with Crippen LogP contribution in [0.5, 0.6) is 0 Å². The molecule has 4 rings (SSSR count). The first kappa shape index (κ1) is 24.1. The fourth-order valence-electron chi connectivity index (χ4n) is 3.60. The number of benzene rings is 2. The molecule has 0 spiro atoms. The maximum Gasteiger partial charge on any atom is 0.490 e. The first-order valence-electron chi connectivity index (χ1n) is 10.2. The normalized spacial score (nSPS) is 18.0. The zero-order valence-corrected chi connectivity index (χ0v) is 17.6. The number of halogens is 3. The molecule has 1 atom stereocenters. The van der Waals surface area contributed by atoms with E-state index in [0.29, 0.717) is 26.2 Å². The van der Waals surface area contributed by atoms with E-state index >= 15 is 0 Å². The monoisotopic (exact) mass is 463 g/mol. The van der Waals surface area contributed by atoms with Crippen molar-refractivity contribution in [1.82, 2.24) is 20.0 Å². The van der Waals surface area contributed by atoms with E-state index in [9.17, 15) is 18.0 Å². The molecule has 1 aliphatic heterocycles. The van der Waals surface area contributed by atoms with Crippen LogP contribution in [0.15, 0.2) is 60.8 Å². The summed E-state index contributed by atoms with van der Waals surface area (Å²) in [5.74, 6) is -2.76. The standard InChI is InChI=1S/C20H23N5O.C2HF3O2/c21-20(17-7-2-1-3-8-17)10-12-24(15-20)19(26)22-11-13-25-18-9-5-4-6-16(18)14-23-25;3-2(4,5)1(6)7/h1-9,14H,10-13,15,21H2,(H,22,26);(H,6,7). The Balaban J connectivity index is 0.000000383. The van der Waals surface area contributed by atoms with Gasteiger partial charge < -0.3 is 21.1 Å². The molecule has 0 bridgehead atoms. The van der Waals surface area contributed by atoms with Crippen LogP contribution in [0.1, 0.15) is 12.0 Å². The van der Waals surface area contributed by atoms with Crippen LogP contribution in [0.25, 0.3) is 10.9 Å². The molecule has 0 aliphatic carbocycles. The molecule has 1 fully saturated rings. The van der Waals surface area contributed by atoms with Crippen molar-refractivity contribution in [1.29, 1.82) is 0 Å². The molecule has 3 aromatic rings. The number of carboxylic acids is 1. The number of carboxylic acid groups (broad SMARTS) is 1. The van der Waals surface area contributed by atoms with Gasteiger partial charge in [0.1, 0.15) is 0 Å². The van der Waals surface area contributed by atoms with Gasteiger partial charge in [-0.15, -0.1) is 0 Å². The number of urea groups is 1. The van der Waals surface area contributed by atoms with Crippen molar-refractivity contribution in [3.8, 4) is 0 Å². The molecule has 0 radical (unpaired) electrons. The lowest BCUT2D eigenvalue weighted by Gasteiger charge is -2.25. The lowest BCUT2D eigenvalue weighted by atomic mass is 9.90. The summed E-state index contributed by atoms with van der Waals surface area (Å²) in [7, 11) is 0. The lowest BCUT2D eigenvalue weighted by Crippen LogP contribution is -2.44. The summed E-state index contributed by atoms with van der Waals surface area (Å²) in [6.07, 6.45) is -2.46. The molecule has 1 aliphatic rings. The second-order valence-electron chi connectivity index (χ2n) is 7.66. The number of nitrogens with two attached hydrogens (primary N) is 1. The molecule has 33 heavy (non-hydrogen) atoms. The molecule has 8 nitrogen and oxygen atoms in total. The minimum atomic E-state index is -5.08. The highest BCUT2D eigenvalue weighted by molar-refractivity contribution is 5.78. The second kappa shape index (κ2) is 9.90. The Bertz CT molecular complexity index is 1100. The Morgan fingerprint density at radius 1 is 1.12 bits per heavy atom. The van der Waals surface area contributed by atoms with Gasteiger partial charge >= 0.3 is 18.2 Å². The van der Waals surface area contributed by atoms with Gasteiger partial charge in [0.2, 0.25) is 0 Å². The van der Waals surface area contributed by atoms with Gasteiger partial charge in [-0.2, -0.15) is 18.3 Å². The molecule has 2 heterocycles. The Hall–Kier alpha value is -3.60. The maximum absolute atomic E-state index is 12.5. The number of carbonyl (C=O) groups is 2. The zero-order chi connectivity index (χ0) is 24.1. The van der Waals surface area contributed by atoms with Crippen molar-refractivity contribution in [2.24, 2.45) is 5.73 Å². The first-order chi connectivity index (χ1) is 15.6. The number of likely N-dealkylation sites (tertiary alicyclic amines) is 1. The number of hydrogen-bond acceptors (Lipinski definition) is 4. The number of nitrogens with one attached hydrogen (secondary N) is 1. The Labute approximate surface area is 187 Å². The summed E-state index contributed by atoms with van der Waals surface area (Å²) in [4.78, 5) is 23.2. The van der Waals surface area contributed by atoms with Crippen molar-refractivity contribution < 1.29 is 27.9 Å². The Kier molecular flexibility index (Phi) is 7.22. The smallest absolute Gasteiger partial charge is 0.475 e. The number of para-hydroxylation sites is 1. The number of rotatable bonds is 4. The van der Waals surface area contributed by atoms with E-state index in [-0.39, 0.29) is 6.03 Å². The Morgan fingerprint density at radius 2 is 1.76 bits per heavy atom. The van der Waals surface area contributed by atoms with Gasteiger partial charge in [-0.25, -0.2) is 9.59 Å². The molecule has 2 aromatic carbocycles. The average molecular weight is 463 g/mol. The highest BCUT2D eigenvalue weighted by atomic mass is 19.4. The number of aromatic nitrogens is 2. The van der Waals surface area contributed by atoms with Crippen molar-refractivity contribution in [3.63, 3.8) is 0 Å². The quantitative estimate of drug-likeness (QED) is 0.551. The number of carbonyl (C=O) groups excluding carboxylic acids is 1. The van der Waals surface area contributed by atoms with E-state index in [2.05, 4.69) is 10.4 Å². The third-order valence-corrected chi connectivity index (χ3v) is 5.33. The van der Waals surface area contributed by atoms with Gasteiger partial charge in [-0.05, 0) is 18.1 Å². The largest absolute Gasteiger partial charge is 0.490 e. The lowest BCUT2D eigenvalue weighted by molar-refractivity contribution is -0.192. The molecular weight excluding hydrogens is 439 g/mol. The SMILES string of the molecule is NC1(c2ccccc2)CCN(C(=O)NCCn2ncc3ccccc32)C1.O=C(O)C(F)(F)F. The molecule has 11 heteroatoms. The van der Waals surface area contributed by atoms with E-state index in [1.165, 1.54) is 0 Å². The Morgan fingerprint density at radius 3 is 2.42 bits per heavy atom. The molecule has 2 amide bonds. The number of hydrogen-bond donors (Lipinski definition) is 3. The van der Waals surface area contributed by atoms with Crippen LogP contribution >= 0.6 is 0 Å². The summed E-state index contributed by atoms with van der Waals surface area (Å²) < 4.78 is 33.6. The molecule has 176 valence electrons. The molecule has 1 aromatic heterocycles. The second-order valence-corrected chi connectivity index (χ2v) is 7.66. The number of amides is 2. The fourth-order valence-corrected chi connectivity index (χ4v) is 3.60. The fraction of sp³-hybridized carbons (Fsp3) is 0.318. The van der Waals surface area contributed by atoms with E-state index in [1.54, 1.807) is 4.90 Å². The molecule has 1 unspecified atom stereocenters. The summed E-state index contributed by atoms with van der Waals surface area (Å²) in [6, 6.07) is 18.0. The van der Waals surface area contributed by atoms with Crippen LogP contribution in [-0.4, -0.2) is 57.6 Å². The van der Waals surface area contributed by atoms with Gasteiger partial charge in [0.25, 0.3) is 0 Å². The minimum Gasteiger partial charge on any atom is -0.475 e. The van der Waals surface area contributed by atoms with Gasteiger partial charge in [0, 0.05) is 25.0 Å². The number of nitrogens with zero attached hydrogens (tertiary/aromatic N) is 3. The van der Waals surface area contributed by atoms with Crippen LogP contribution in [0.3, 0.4) is 0 Å². The van der Waals surface area contributed by atoms with E-state index in [0.717, 1.165) is 22.9 Å². The van der Waals surface area contributed by atoms with Gasteiger partial charge in [0.15, 0.2) is 0 Å². The summed E-state index contributed by atoms with van der Waals surface area (Å²) in [5, 5.41) is 15.6. The van der Waals surface area contributed by atoms with Gasteiger partial charge in [-0.1, -0.05) is 48.5 Å². The number of aliphatic carboxylic acids is 1. The van der Waals surface area contributed by atoms with Crippen LogP contribution in [0, 0.1) is 0 Å². The van der Waals surface area contributed by atoms with Crippen molar-refractivity contribution in [2.75, 3.05) is 19.6 Å². The predicted octanol–water partition coefficient (Wildman–Crippen LogP) is 2.94. The molecule has 0 saturated carbocycles. The third-order valence-electron chi connectivity index (χ3n) is 5.33. The highest BCUT2D eigenvalue weighted by Crippen LogP contribution is 2.29. The van der Waals surface area contributed by atoms with E-state index < -0.39 is 17.7 Å². The van der Waals surface area contributed by atoms with Crippen LogP contribution in [0.4, 0.5) is 18.0 Å². The molecule has 4 N–H and O–H groups in total. The zero-order valence-electron chi connectivity index (χ0n) is 17.6. The summed E-state index contributed by atoms with van der Waals surface area (Å²) >= 11 is 0. The van der Waals surface area contributed by atoms with Crippen molar-refractivity contribution >= 4 is 22.9 Å². The molecular formula is C22H24F3N5O3. The van der Waals surface area contributed by atoms with Crippen molar-refractivity contribution in [3.05, 3.63) is 66.4 Å². The van der Waals surface area contributed by atoms with E-state index in [4.69, 9.17) is 15.6 Å². The summed E-state index contributed by atoms with van der Waals surface area (Å²) in [6.45, 7) is 2.37. The van der Waals surface area contributed by atoms with Crippen molar-refractivity contribution in [2.45, 2.75) is 24.7 Å². The maximum atomic E-state index is 12.5. The topological polar surface area (TPSA) is 113 Å². The number of fused-ring (bicyclic) bond motifs is 1. The van der Waals surface area contributed by atoms with Crippen LogP contribution in [-0.2, 0) is 16.9 Å².